The molecule has 0 spiro atoms. The van der Waals surface area contributed by atoms with Crippen LogP contribution in [-0.2, 0) is 16.0 Å². The van der Waals surface area contributed by atoms with Crippen LogP contribution in [0.25, 0.3) is 0 Å². The van der Waals surface area contributed by atoms with E-state index in [9.17, 15) is 14.0 Å². The lowest BCUT2D eigenvalue weighted by atomic mass is 9.95. The number of carbonyl (C=O) groups is 2. The SMILES string of the molecule is Cc1ccccc1CC(=O)N1CCC(C(=O)Nc2ccccc2F)CC1. The average Bonchev–Trinajstić information content (AvgIpc) is 2.65. The van der Waals surface area contributed by atoms with E-state index in [0.29, 0.717) is 32.4 Å². The topological polar surface area (TPSA) is 49.4 Å². The molecule has 5 heteroatoms. The fourth-order valence-corrected chi connectivity index (χ4v) is 3.27. The Labute approximate surface area is 153 Å². The monoisotopic (exact) mass is 354 g/mol. The molecule has 4 nitrogen and oxygen atoms in total. The summed E-state index contributed by atoms with van der Waals surface area (Å²) in [6, 6.07) is 14.0. The first-order chi connectivity index (χ1) is 12.5. The summed E-state index contributed by atoms with van der Waals surface area (Å²) in [4.78, 5) is 26.7. The maximum absolute atomic E-state index is 13.7. The fourth-order valence-electron chi connectivity index (χ4n) is 3.27. The van der Waals surface area contributed by atoms with E-state index in [1.54, 1.807) is 18.2 Å². The molecular weight excluding hydrogens is 331 g/mol. The zero-order valence-electron chi connectivity index (χ0n) is 14.9. The summed E-state index contributed by atoms with van der Waals surface area (Å²) in [5.74, 6) is -0.725. The summed E-state index contributed by atoms with van der Waals surface area (Å²) in [5, 5.41) is 2.65. The van der Waals surface area contributed by atoms with Gasteiger partial charge in [0.25, 0.3) is 0 Å². The second-order valence-corrected chi connectivity index (χ2v) is 6.73. The number of likely N-dealkylation sites (tertiary alicyclic amines) is 1. The molecule has 0 aliphatic carbocycles. The molecule has 1 fully saturated rings. The molecule has 0 unspecified atom stereocenters. The van der Waals surface area contributed by atoms with E-state index >= 15 is 0 Å². The minimum atomic E-state index is -0.438. The van der Waals surface area contributed by atoms with Crippen molar-refractivity contribution in [3.8, 4) is 0 Å². The van der Waals surface area contributed by atoms with Crippen LogP contribution >= 0.6 is 0 Å². The molecule has 1 aliphatic rings. The first-order valence-corrected chi connectivity index (χ1v) is 8.92. The number of amides is 2. The molecule has 1 N–H and O–H groups in total. The van der Waals surface area contributed by atoms with Crippen molar-refractivity contribution in [2.45, 2.75) is 26.2 Å². The van der Waals surface area contributed by atoms with Gasteiger partial charge in [0.15, 0.2) is 0 Å². The van der Waals surface area contributed by atoms with Gasteiger partial charge in [-0.05, 0) is 43.0 Å². The van der Waals surface area contributed by atoms with Crippen molar-refractivity contribution < 1.29 is 14.0 Å². The quantitative estimate of drug-likeness (QED) is 0.913. The number of benzene rings is 2. The number of hydrogen-bond donors (Lipinski definition) is 1. The number of hydrogen-bond acceptors (Lipinski definition) is 2. The summed E-state index contributed by atoms with van der Waals surface area (Å²) in [6.45, 7) is 3.11. The van der Waals surface area contributed by atoms with Crippen molar-refractivity contribution in [3.63, 3.8) is 0 Å². The number of rotatable bonds is 4. The Morgan fingerprint density at radius 1 is 1.08 bits per heavy atom. The second kappa shape index (κ2) is 8.13. The standard InChI is InChI=1S/C21H23FN2O2/c1-15-6-2-3-7-17(15)14-20(25)24-12-10-16(11-13-24)21(26)23-19-9-5-4-8-18(19)22/h2-9,16H,10-14H2,1H3,(H,23,26). The molecule has 1 heterocycles. The molecule has 3 rings (SSSR count). The molecule has 136 valence electrons. The Morgan fingerprint density at radius 3 is 2.42 bits per heavy atom. The van der Waals surface area contributed by atoms with E-state index < -0.39 is 5.82 Å². The molecule has 0 bridgehead atoms. The van der Waals surface area contributed by atoms with Crippen LogP contribution in [0.2, 0.25) is 0 Å². The lowest BCUT2D eigenvalue weighted by molar-refractivity contribution is -0.133. The molecule has 2 aromatic carbocycles. The predicted octanol–water partition coefficient (Wildman–Crippen LogP) is 3.55. The third-order valence-corrected chi connectivity index (χ3v) is 4.95. The van der Waals surface area contributed by atoms with Crippen LogP contribution in [0, 0.1) is 18.7 Å². The molecule has 2 aromatic rings. The highest BCUT2D eigenvalue weighted by Gasteiger charge is 2.27. The molecule has 0 radical (unpaired) electrons. The molecule has 0 aromatic heterocycles. The van der Waals surface area contributed by atoms with E-state index in [0.717, 1.165) is 11.1 Å². The number of aryl methyl sites for hydroxylation is 1. The fraction of sp³-hybridized carbons (Fsp3) is 0.333. The normalized spacial score (nSPS) is 14.9. The molecular formula is C21H23FN2O2. The van der Waals surface area contributed by atoms with Gasteiger partial charge < -0.3 is 10.2 Å². The average molecular weight is 354 g/mol. The first-order valence-electron chi connectivity index (χ1n) is 8.92. The molecule has 1 aliphatic heterocycles. The highest BCUT2D eigenvalue weighted by molar-refractivity contribution is 5.92. The number of nitrogens with one attached hydrogen (secondary N) is 1. The van der Waals surface area contributed by atoms with Crippen molar-refractivity contribution in [3.05, 3.63) is 65.5 Å². The van der Waals surface area contributed by atoms with Crippen molar-refractivity contribution in [2.24, 2.45) is 5.92 Å². The zero-order valence-corrected chi connectivity index (χ0v) is 14.9. The number of para-hydroxylation sites is 1. The molecule has 26 heavy (non-hydrogen) atoms. The van der Waals surface area contributed by atoms with Gasteiger partial charge in [0, 0.05) is 19.0 Å². The molecule has 0 atom stereocenters. The van der Waals surface area contributed by atoms with Crippen molar-refractivity contribution in [2.75, 3.05) is 18.4 Å². The summed E-state index contributed by atoms with van der Waals surface area (Å²) in [6.07, 6.45) is 1.58. The summed E-state index contributed by atoms with van der Waals surface area (Å²) >= 11 is 0. The van der Waals surface area contributed by atoms with E-state index in [1.165, 1.54) is 6.07 Å². The van der Waals surface area contributed by atoms with Crippen LogP contribution in [0.1, 0.15) is 24.0 Å². The minimum absolute atomic E-state index is 0.0901. The molecule has 1 saturated heterocycles. The highest BCUT2D eigenvalue weighted by atomic mass is 19.1. The van der Waals surface area contributed by atoms with Gasteiger partial charge in [0.2, 0.25) is 11.8 Å². The van der Waals surface area contributed by atoms with E-state index in [-0.39, 0.29) is 23.4 Å². The van der Waals surface area contributed by atoms with Crippen LogP contribution in [0.4, 0.5) is 10.1 Å². The lowest BCUT2D eigenvalue weighted by Crippen LogP contribution is -2.42. The Hall–Kier alpha value is -2.69. The Morgan fingerprint density at radius 2 is 1.73 bits per heavy atom. The first kappa shape index (κ1) is 18.1. The van der Waals surface area contributed by atoms with Crippen molar-refractivity contribution in [1.82, 2.24) is 4.90 Å². The van der Waals surface area contributed by atoms with Gasteiger partial charge in [-0.25, -0.2) is 4.39 Å². The zero-order chi connectivity index (χ0) is 18.5. The largest absolute Gasteiger partial charge is 0.342 e. The number of piperidine rings is 1. The Kier molecular flexibility index (Phi) is 5.66. The molecule has 2 amide bonds. The smallest absolute Gasteiger partial charge is 0.227 e. The summed E-state index contributed by atoms with van der Waals surface area (Å²) in [7, 11) is 0. The number of halogens is 1. The van der Waals surface area contributed by atoms with E-state index in [1.807, 2.05) is 36.1 Å². The third kappa shape index (κ3) is 4.28. The minimum Gasteiger partial charge on any atom is -0.342 e. The van der Waals surface area contributed by atoms with Crippen molar-refractivity contribution in [1.29, 1.82) is 0 Å². The van der Waals surface area contributed by atoms with Crippen LogP contribution in [0.5, 0.6) is 0 Å². The van der Waals surface area contributed by atoms with Gasteiger partial charge in [-0.3, -0.25) is 9.59 Å². The van der Waals surface area contributed by atoms with Crippen molar-refractivity contribution >= 4 is 17.5 Å². The van der Waals surface area contributed by atoms with Gasteiger partial charge in [0.05, 0.1) is 12.1 Å². The predicted molar refractivity (Wildman–Crippen MR) is 99.2 cm³/mol. The summed E-state index contributed by atoms with van der Waals surface area (Å²) in [5.41, 5.74) is 2.35. The van der Waals surface area contributed by atoms with E-state index in [2.05, 4.69) is 5.32 Å². The Balaban J connectivity index is 1.52. The maximum Gasteiger partial charge on any atom is 0.227 e. The maximum atomic E-state index is 13.7. The van der Waals surface area contributed by atoms with Crippen LogP contribution in [-0.4, -0.2) is 29.8 Å². The van der Waals surface area contributed by atoms with Crippen LogP contribution in [0.15, 0.2) is 48.5 Å². The van der Waals surface area contributed by atoms with Gasteiger partial charge >= 0.3 is 0 Å². The van der Waals surface area contributed by atoms with Gasteiger partial charge in [-0.1, -0.05) is 36.4 Å². The van der Waals surface area contributed by atoms with Gasteiger partial charge in [-0.2, -0.15) is 0 Å². The van der Waals surface area contributed by atoms with Crippen LogP contribution < -0.4 is 5.32 Å². The number of carbonyl (C=O) groups excluding carboxylic acids is 2. The second-order valence-electron chi connectivity index (χ2n) is 6.73. The number of anilines is 1. The lowest BCUT2D eigenvalue weighted by Gasteiger charge is -2.31. The van der Waals surface area contributed by atoms with Crippen LogP contribution in [0.3, 0.4) is 0 Å². The number of nitrogens with zero attached hydrogens (tertiary/aromatic N) is 1. The summed E-state index contributed by atoms with van der Waals surface area (Å²) < 4.78 is 13.7. The third-order valence-electron chi connectivity index (χ3n) is 4.95. The van der Waals surface area contributed by atoms with Gasteiger partial charge in [0.1, 0.15) is 5.82 Å². The van der Waals surface area contributed by atoms with Gasteiger partial charge in [-0.15, -0.1) is 0 Å². The Bertz CT molecular complexity index is 731. The van der Waals surface area contributed by atoms with E-state index in [4.69, 9.17) is 0 Å². The molecule has 0 saturated carbocycles. The highest BCUT2D eigenvalue weighted by Crippen LogP contribution is 2.21.